The number of ether oxygens (including phenoxy) is 2. The van der Waals surface area contributed by atoms with Crippen molar-refractivity contribution in [1.82, 2.24) is 0 Å². The smallest absolute Gasteiger partial charge is 0.345 e. The standard InChI is InChI=1S/C21H25F2NO3/c1-4-26-19(25)17-16-7-14(11-24)5-6-15(16)10-21(17)8-12(2)18(13(3)9-21)27-20(22)23/h5-7,12-13,17-18,20H,4,8-10H2,1-3H3/t12-,13+,17-,18?,21?/m0/s1. The summed E-state index contributed by atoms with van der Waals surface area (Å²) in [5.74, 6) is -0.981. The molecule has 0 amide bonds. The van der Waals surface area contributed by atoms with Crippen molar-refractivity contribution in [2.75, 3.05) is 6.61 Å². The highest BCUT2D eigenvalue weighted by Crippen LogP contribution is 2.58. The summed E-state index contributed by atoms with van der Waals surface area (Å²) in [5, 5.41) is 9.25. The van der Waals surface area contributed by atoms with Gasteiger partial charge in [-0.05, 0) is 66.7 Å². The highest BCUT2D eigenvalue weighted by molar-refractivity contribution is 5.81. The molecule has 1 saturated carbocycles. The van der Waals surface area contributed by atoms with Crippen molar-refractivity contribution in [2.45, 2.75) is 58.7 Å². The predicted octanol–water partition coefficient (Wildman–Crippen LogP) is 4.42. The van der Waals surface area contributed by atoms with Crippen LogP contribution in [0.2, 0.25) is 0 Å². The van der Waals surface area contributed by atoms with E-state index in [1.54, 1.807) is 19.1 Å². The van der Waals surface area contributed by atoms with Crippen molar-refractivity contribution >= 4 is 5.97 Å². The first-order valence-corrected chi connectivity index (χ1v) is 9.44. The number of benzene rings is 1. The lowest BCUT2D eigenvalue weighted by Crippen LogP contribution is -2.46. The number of carbonyl (C=O) groups is 1. The average Bonchev–Trinajstić information content (AvgIpc) is 2.90. The Balaban J connectivity index is 1.99. The predicted molar refractivity (Wildman–Crippen MR) is 95.1 cm³/mol. The first-order chi connectivity index (χ1) is 12.8. The van der Waals surface area contributed by atoms with Crippen LogP contribution in [0.4, 0.5) is 8.78 Å². The summed E-state index contributed by atoms with van der Waals surface area (Å²) in [5.41, 5.74) is 2.01. The number of rotatable bonds is 4. The van der Waals surface area contributed by atoms with Crippen LogP contribution in [-0.2, 0) is 20.7 Å². The zero-order valence-corrected chi connectivity index (χ0v) is 15.9. The summed E-state index contributed by atoms with van der Waals surface area (Å²) >= 11 is 0. The molecule has 146 valence electrons. The van der Waals surface area contributed by atoms with E-state index in [0.29, 0.717) is 24.8 Å². The zero-order valence-electron chi connectivity index (χ0n) is 15.9. The van der Waals surface area contributed by atoms with E-state index in [9.17, 15) is 18.8 Å². The molecule has 5 atom stereocenters. The molecule has 2 aliphatic rings. The molecule has 0 N–H and O–H groups in total. The number of alkyl halides is 2. The molecule has 0 aromatic heterocycles. The molecule has 0 saturated heterocycles. The zero-order chi connectivity index (χ0) is 19.8. The molecular formula is C21H25F2NO3. The SMILES string of the molecule is CCOC(=O)[C@@H]1c2cc(C#N)ccc2CC12C[C@@H](C)C(OC(F)F)[C@@H](C)C2. The first-order valence-electron chi connectivity index (χ1n) is 9.44. The van der Waals surface area contributed by atoms with Gasteiger partial charge in [0, 0.05) is 0 Å². The third-order valence-electron chi connectivity index (χ3n) is 6.10. The number of nitrogens with zero attached hydrogens (tertiary/aromatic N) is 1. The number of hydrogen-bond donors (Lipinski definition) is 0. The van der Waals surface area contributed by atoms with E-state index in [4.69, 9.17) is 9.47 Å². The number of nitriles is 1. The maximum absolute atomic E-state index is 12.9. The summed E-state index contributed by atoms with van der Waals surface area (Å²) in [6.45, 7) is 3.08. The molecule has 0 heterocycles. The van der Waals surface area contributed by atoms with Crippen LogP contribution in [0.15, 0.2) is 18.2 Å². The van der Waals surface area contributed by atoms with E-state index < -0.39 is 18.6 Å². The van der Waals surface area contributed by atoms with Crippen LogP contribution in [0, 0.1) is 28.6 Å². The molecule has 1 aromatic rings. The summed E-state index contributed by atoms with van der Waals surface area (Å²) in [6, 6.07) is 7.58. The lowest BCUT2D eigenvalue weighted by atomic mass is 9.59. The molecule has 2 aliphatic carbocycles. The van der Waals surface area contributed by atoms with Crippen molar-refractivity contribution in [3.8, 4) is 6.07 Å². The van der Waals surface area contributed by atoms with Gasteiger partial charge in [0.2, 0.25) is 0 Å². The Bertz CT molecular complexity index is 746. The molecule has 1 fully saturated rings. The van der Waals surface area contributed by atoms with E-state index in [1.807, 2.05) is 19.9 Å². The number of halogens is 2. The minimum absolute atomic E-state index is 0.107. The van der Waals surface area contributed by atoms with Crippen molar-refractivity contribution in [3.63, 3.8) is 0 Å². The van der Waals surface area contributed by atoms with Crippen molar-refractivity contribution < 1.29 is 23.0 Å². The molecule has 3 rings (SSSR count). The van der Waals surface area contributed by atoms with Crippen LogP contribution >= 0.6 is 0 Å². The quantitative estimate of drug-likeness (QED) is 0.729. The van der Waals surface area contributed by atoms with Gasteiger partial charge in [-0.3, -0.25) is 4.79 Å². The Morgan fingerprint density at radius 3 is 2.56 bits per heavy atom. The second kappa shape index (κ2) is 7.55. The van der Waals surface area contributed by atoms with Crippen LogP contribution in [0.5, 0.6) is 0 Å². The van der Waals surface area contributed by atoms with E-state index in [2.05, 4.69) is 6.07 Å². The lowest BCUT2D eigenvalue weighted by molar-refractivity contribution is -0.206. The van der Waals surface area contributed by atoms with E-state index in [0.717, 1.165) is 11.1 Å². The molecule has 1 aromatic carbocycles. The molecule has 0 radical (unpaired) electrons. The Kier molecular flexibility index (Phi) is 5.53. The molecule has 4 nitrogen and oxygen atoms in total. The number of hydrogen-bond acceptors (Lipinski definition) is 4. The van der Waals surface area contributed by atoms with Gasteiger partial charge in [0.1, 0.15) is 0 Å². The van der Waals surface area contributed by atoms with Gasteiger partial charge in [-0.15, -0.1) is 0 Å². The Labute approximate surface area is 158 Å². The minimum atomic E-state index is -2.80. The fourth-order valence-corrected chi connectivity index (χ4v) is 5.43. The lowest BCUT2D eigenvalue weighted by Gasteiger charge is -2.47. The van der Waals surface area contributed by atoms with Crippen LogP contribution in [0.3, 0.4) is 0 Å². The Hall–Kier alpha value is -2.00. The van der Waals surface area contributed by atoms with Crippen LogP contribution < -0.4 is 0 Å². The monoisotopic (exact) mass is 377 g/mol. The van der Waals surface area contributed by atoms with Crippen LogP contribution in [-0.4, -0.2) is 25.3 Å². The molecule has 0 aliphatic heterocycles. The first kappa shape index (κ1) is 19.8. The van der Waals surface area contributed by atoms with Gasteiger partial charge in [-0.2, -0.15) is 14.0 Å². The van der Waals surface area contributed by atoms with Crippen molar-refractivity contribution in [1.29, 1.82) is 5.26 Å². The van der Waals surface area contributed by atoms with Crippen molar-refractivity contribution in [3.05, 3.63) is 34.9 Å². The van der Waals surface area contributed by atoms with Gasteiger partial charge in [-0.25, -0.2) is 0 Å². The molecule has 1 spiro atoms. The van der Waals surface area contributed by atoms with E-state index in [-0.39, 0.29) is 29.8 Å². The normalized spacial score (nSPS) is 32.3. The summed E-state index contributed by atoms with van der Waals surface area (Å²) in [7, 11) is 0. The van der Waals surface area contributed by atoms with E-state index in [1.165, 1.54) is 0 Å². The van der Waals surface area contributed by atoms with Gasteiger partial charge in [-0.1, -0.05) is 19.9 Å². The van der Waals surface area contributed by atoms with Gasteiger partial charge in [0.15, 0.2) is 0 Å². The Morgan fingerprint density at radius 2 is 2.00 bits per heavy atom. The van der Waals surface area contributed by atoms with Gasteiger partial charge < -0.3 is 9.47 Å². The largest absolute Gasteiger partial charge is 0.466 e. The third kappa shape index (κ3) is 3.58. The maximum atomic E-state index is 12.9. The topological polar surface area (TPSA) is 59.3 Å². The molecule has 0 bridgehead atoms. The fourth-order valence-electron chi connectivity index (χ4n) is 5.43. The number of esters is 1. The molecular weight excluding hydrogens is 352 g/mol. The van der Waals surface area contributed by atoms with E-state index >= 15 is 0 Å². The highest BCUT2D eigenvalue weighted by atomic mass is 19.3. The van der Waals surface area contributed by atoms with Crippen LogP contribution in [0.25, 0.3) is 0 Å². The van der Waals surface area contributed by atoms with Crippen molar-refractivity contribution in [2.24, 2.45) is 17.3 Å². The molecule has 27 heavy (non-hydrogen) atoms. The summed E-state index contributed by atoms with van der Waals surface area (Å²) in [6.07, 6.45) is 1.37. The average molecular weight is 377 g/mol. The molecule has 2 unspecified atom stereocenters. The number of carbonyl (C=O) groups excluding carboxylic acids is 1. The minimum Gasteiger partial charge on any atom is -0.466 e. The second-order valence-electron chi connectivity index (χ2n) is 7.97. The summed E-state index contributed by atoms with van der Waals surface area (Å²) < 4.78 is 35.9. The van der Waals surface area contributed by atoms with Gasteiger partial charge >= 0.3 is 12.6 Å². The number of fused-ring (bicyclic) bond motifs is 1. The highest BCUT2D eigenvalue weighted by Gasteiger charge is 2.55. The maximum Gasteiger partial charge on any atom is 0.345 e. The Morgan fingerprint density at radius 1 is 1.33 bits per heavy atom. The second-order valence-corrected chi connectivity index (χ2v) is 7.97. The third-order valence-corrected chi connectivity index (χ3v) is 6.10. The fraction of sp³-hybridized carbons (Fsp3) is 0.619. The van der Waals surface area contributed by atoms with Gasteiger partial charge in [0.25, 0.3) is 0 Å². The van der Waals surface area contributed by atoms with Crippen LogP contribution in [0.1, 0.15) is 56.2 Å². The molecule has 6 heteroatoms. The van der Waals surface area contributed by atoms with Gasteiger partial charge in [0.05, 0.1) is 30.3 Å². The summed E-state index contributed by atoms with van der Waals surface area (Å²) in [4.78, 5) is 12.9.